The van der Waals surface area contributed by atoms with Crippen LogP contribution in [0.25, 0.3) is 0 Å². The average Bonchev–Trinajstić information content (AvgIpc) is 2.77. The van der Waals surface area contributed by atoms with Crippen molar-refractivity contribution in [2.75, 3.05) is 0 Å². The second-order valence-electron chi connectivity index (χ2n) is 4.13. The Labute approximate surface area is 114 Å². The van der Waals surface area contributed by atoms with Crippen molar-refractivity contribution in [3.63, 3.8) is 0 Å². The topological polar surface area (TPSA) is 47.8 Å². The van der Waals surface area contributed by atoms with Gasteiger partial charge in [0.25, 0.3) is 0 Å². The zero-order valence-corrected chi connectivity index (χ0v) is 11.9. The molecule has 0 fully saturated rings. The van der Waals surface area contributed by atoms with E-state index in [1.807, 2.05) is 32.0 Å². The van der Waals surface area contributed by atoms with Gasteiger partial charge in [0.15, 0.2) is 0 Å². The lowest BCUT2D eigenvalue weighted by Gasteiger charge is -2.06. The minimum absolute atomic E-state index is 0.0292. The Morgan fingerprint density at radius 3 is 2.89 bits per heavy atom. The Morgan fingerprint density at radius 2 is 2.22 bits per heavy atom. The average molecular weight is 308 g/mol. The predicted molar refractivity (Wildman–Crippen MR) is 72.6 cm³/mol. The fraction of sp³-hybridized carbons (Fsp3) is 0.308. The number of aromatic nitrogens is 3. The summed E-state index contributed by atoms with van der Waals surface area (Å²) in [4.78, 5) is 12.4. The molecular weight excluding hydrogens is 294 g/mol. The van der Waals surface area contributed by atoms with Crippen molar-refractivity contribution in [1.29, 1.82) is 0 Å². The Bertz CT molecular complexity index is 577. The van der Waals surface area contributed by atoms with Crippen molar-refractivity contribution in [2.45, 2.75) is 26.8 Å². The summed E-state index contributed by atoms with van der Waals surface area (Å²) in [7, 11) is 0. The maximum Gasteiger partial charge on any atom is 0.212 e. The molecule has 0 saturated heterocycles. The van der Waals surface area contributed by atoms with E-state index in [4.69, 9.17) is 0 Å². The highest BCUT2D eigenvalue weighted by Crippen LogP contribution is 2.18. The number of ketones is 1. The lowest BCUT2D eigenvalue weighted by molar-refractivity contribution is 0.102. The molecule has 0 bridgehead atoms. The molecular formula is C13H14BrN3O. The Morgan fingerprint density at radius 1 is 1.44 bits per heavy atom. The molecule has 1 aromatic heterocycles. The zero-order valence-electron chi connectivity index (χ0n) is 10.4. The smallest absolute Gasteiger partial charge is 0.212 e. The molecule has 2 rings (SSSR count). The summed E-state index contributed by atoms with van der Waals surface area (Å²) < 4.78 is 2.63. The lowest BCUT2D eigenvalue weighted by atomic mass is 10.0. The van der Waals surface area contributed by atoms with Crippen LogP contribution < -0.4 is 0 Å². The van der Waals surface area contributed by atoms with E-state index in [1.54, 1.807) is 4.68 Å². The van der Waals surface area contributed by atoms with Gasteiger partial charge in [-0.15, -0.1) is 5.10 Å². The molecule has 94 valence electrons. The number of halogens is 1. The van der Waals surface area contributed by atoms with Crippen LogP contribution in [-0.4, -0.2) is 20.8 Å². The Hall–Kier alpha value is -1.49. The summed E-state index contributed by atoms with van der Waals surface area (Å²) in [6.45, 7) is 4.67. The van der Waals surface area contributed by atoms with Gasteiger partial charge in [-0.1, -0.05) is 28.1 Å². The summed E-state index contributed by atoms with van der Waals surface area (Å²) >= 11 is 3.39. The summed E-state index contributed by atoms with van der Waals surface area (Å²) in [5.74, 6) is -0.0292. The first kappa shape index (κ1) is 13.0. The molecule has 5 heteroatoms. The lowest BCUT2D eigenvalue weighted by Crippen LogP contribution is -2.12. The van der Waals surface area contributed by atoms with Crippen molar-refractivity contribution in [2.24, 2.45) is 0 Å². The molecule has 1 heterocycles. The fourth-order valence-electron chi connectivity index (χ4n) is 1.83. The quantitative estimate of drug-likeness (QED) is 0.816. The molecule has 1 aromatic carbocycles. The van der Waals surface area contributed by atoms with Gasteiger partial charge in [0.1, 0.15) is 5.69 Å². The second-order valence-corrected chi connectivity index (χ2v) is 5.05. The van der Waals surface area contributed by atoms with Crippen LogP contribution in [0.2, 0.25) is 0 Å². The third-order valence-corrected chi connectivity index (χ3v) is 3.21. The van der Waals surface area contributed by atoms with Gasteiger partial charge in [-0.05, 0) is 37.1 Å². The fourth-order valence-corrected chi connectivity index (χ4v) is 2.31. The molecule has 2 aromatic rings. The van der Waals surface area contributed by atoms with Gasteiger partial charge >= 0.3 is 0 Å². The first-order chi connectivity index (χ1) is 8.63. The Balaban J connectivity index is 2.38. The third-order valence-electron chi connectivity index (χ3n) is 2.72. The van der Waals surface area contributed by atoms with Gasteiger partial charge in [-0.25, -0.2) is 4.68 Å². The van der Waals surface area contributed by atoms with E-state index in [1.165, 1.54) is 6.20 Å². The van der Waals surface area contributed by atoms with Crippen LogP contribution in [-0.2, 0) is 6.54 Å². The van der Waals surface area contributed by atoms with Gasteiger partial charge in [-0.2, -0.15) is 0 Å². The van der Waals surface area contributed by atoms with Crippen LogP contribution in [0.15, 0.2) is 28.9 Å². The van der Waals surface area contributed by atoms with E-state index in [0.29, 0.717) is 17.8 Å². The van der Waals surface area contributed by atoms with E-state index in [9.17, 15) is 4.79 Å². The first-order valence-electron chi connectivity index (χ1n) is 5.82. The molecule has 0 amide bonds. The predicted octanol–water partition coefficient (Wildman–Crippen LogP) is 2.99. The minimum atomic E-state index is -0.0292. The molecule has 0 radical (unpaired) electrons. The highest BCUT2D eigenvalue weighted by Gasteiger charge is 2.16. The summed E-state index contributed by atoms with van der Waals surface area (Å²) in [5.41, 5.74) is 2.18. The van der Waals surface area contributed by atoms with Crippen LogP contribution in [0, 0.1) is 6.92 Å². The van der Waals surface area contributed by atoms with Crippen molar-refractivity contribution in [3.05, 3.63) is 45.7 Å². The molecule has 0 spiro atoms. The van der Waals surface area contributed by atoms with E-state index < -0.39 is 0 Å². The number of carbonyl (C=O) groups excluding carboxylic acids is 1. The van der Waals surface area contributed by atoms with Crippen molar-refractivity contribution < 1.29 is 4.79 Å². The van der Waals surface area contributed by atoms with Gasteiger partial charge < -0.3 is 0 Å². The van der Waals surface area contributed by atoms with E-state index in [-0.39, 0.29) is 5.78 Å². The molecule has 18 heavy (non-hydrogen) atoms. The van der Waals surface area contributed by atoms with Gasteiger partial charge in [0.2, 0.25) is 5.78 Å². The number of rotatable bonds is 4. The number of benzene rings is 1. The van der Waals surface area contributed by atoms with Crippen LogP contribution in [0.4, 0.5) is 0 Å². The van der Waals surface area contributed by atoms with Gasteiger partial charge in [0.05, 0.1) is 6.20 Å². The maximum atomic E-state index is 12.4. The third kappa shape index (κ3) is 2.51. The van der Waals surface area contributed by atoms with Crippen LogP contribution in [0.5, 0.6) is 0 Å². The van der Waals surface area contributed by atoms with E-state index >= 15 is 0 Å². The summed E-state index contributed by atoms with van der Waals surface area (Å²) in [5, 5.41) is 7.75. The van der Waals surface area contributed by atoms with E-state index in [2.05, 4.69) is 26.2 Å². The minimum Gasteiger partial charge on any atom is -0.287 e. The molecule has 4 nitrogen and oxygen atoms in total. The first-order valence-corrected chi connectivity index (χ1v) is 6.62. The maximum absolute atomic E-state index is 12.4. The number of carbonyl (C=O) groups is 1. The summed E-state index contributed by atoms with van der Waals surface area (Å²) in [6.07, 6.45) is 2.45. The molecule has 0 aliphatic carbocycles. The molecule has 0 atom stereocenters. The zero-order chi connectivity index (χ0) is 13.1. The normalized spacial score (nSPS) is 10.6. The van der Waals surface area contributed by atoms with Gasteiger partial charge in [0, 0.05) is 16.6 Å². The van der Waals surface area contributed by atoms with Crippen LogP contribution in [0.1, 0.15) is 35.0 Å². The van der Waals surface area contributed by atoms with E-state index in [0.717, 1.165) is 16.5 Å². The standard InChI is InChI=1S/C13H14BrN3O/c1-3-6-17-12(8-15-16-17)13(18)11-5-4-10(14)7-9(11)2/h4-5,7-8H,3,6H2,1-2H3. The largest absolute Gasteiger partial charge is 0.287 e. The molecule has 0 aliphatic heterocycles. The molecule has 0 N–H and O–H groups in total. The molecule has 0 aliphatic rings. The molecule has 0 saturated carbocycles. The molecule has 0 unspecified atom stereocenters. The SMILES string of the molecule is CCCn1nncc1C(=O)c1ccc(Br)cc1C. The number of nitrogens with zero attached hydrogens (tertiary/aromatic N) is 3. The van der Waals surface area contributed by atoms with Crippen molar-refractivity contribution in [3.8, 4) is 0 Å². The monoisotopic (exact) mass is 307 g/mol. The number of hydrogen-bond donors (Lipinski definition) is 0. The number of aryl methyl sites for hydroxylation is 2. The van der Waals surface area contributed by atoms with Crippen molar-refractivity contribution >= 4 is 21.7 Å². The highest BCUT2D eigenvalue weighted by atomic mass is 79.9. The van der Waals surface area contributed by atoms with Crippen LogP contribution in [0.3, 0.4) is 0 Å². The highest BCUT2D eigenvalue weighted by molar-refractivity contribution is 9.10. The Kier molecular flexibility index (Phi) is 3.91. The summed E-state index contributed by atoms with van der Waals surface area (Å²) in [6, 6.07) is 5.63. The van der Waals surface area contributed by atoms with Gasteiger partial charge in [-0.3, -0.25) is 4.79 Å². The number of hydrogen-bond acceptors (Lipinski definition) is 3. The second kappa shape index (κ2) is 5.44. The van der Waals surface area contributed by atoms with Crippen molar-refractivity contribution in [1.82, 2.24) is 15.0 Å². The van der Waals surface area contributed by atoms with Crippen LogP contribution >= 0.6 is 15.9 Å².